The molecule has 0 aliphatic heterocycles. The molecule has 1 heterocycles. The number of anilines is 2. The van der Waals surface area contributed by atoms with Gasteiger partial charge >= 0.3 is 6.03 Å². The van der Waals surface area contributed by atoms with Crippen LogP contribution in [0.2, 0.25) is 0 Å². The Morgan fingerprint density at radius 2 is 1.62 bits per heavy atom. The minimum Gasteiger partial charge on any atom is -0.308 e. The Labute approximate surface area is 181 Å². The Morgan fingerprint density at radius 1 is 0.844 bits per heavy atom. The molecule has 0 aliphatic rings. The number of hydrogen-bond donors (Lipinski definition) is 2. The summed E-state index contributed by atoms with van der Waals surface area (Å²) in [6, 6.07) is 16.4. The molecule has 32 heavy (non-hydrogen) atoms. The lowest BCUT2D eigenvalue weighted by Crippen LogP contribution is -2.20. The predicted molar refractivity (Wildman–Crippen MR) is 115 cm³/mol. The lowest BCUT2D eigenvalue weighted by atomic mass is 10.0. The highest BCUT2D eigenvalue weighted by Gasteiger charge is 2.14. The number of halogens is 2. The van der Waals surface area contributed by atoms with Crippen LogP contribution in [0.5, 0.6) is 0 Å². The van der Waals surface area contributed by atoms with E-state index in [1.54, 1.807) is 24.3 Å². The molecule has 0 unspecified atom stereocenters. The number of pyridine rings is 1. The number of carbonyl (C=O) groups is 2. The number of nitrogens with one attached hydrogen (secondary N) is 2. The van der Waals surface area contributed by atoms with Gasteiger partial charge in [-0.3, -0.25) is 9.78 Å². The minimum absolute atomic E-state index is 0.0230. The number of fused-ring (bicyclic) bond motifs is 1. The van der Waals surface area contributed by atoms with Gasteiger partial charge in [0.25, 0.3) is 0 Å². The fraction of sp³-hybridized carbons (Fsp3) is 0. The summed E-state index contributed by atoms with van der Waals surface area (Å²) in [4.78, 5) is 29.3. The molecule has 6 nitrogen and oxygen atoms in total. The summed E-state index contributed by atoms with van der Waals surface area (Å²) < 4.78 is 27.4. The van der Waals surface area contributed by atoms with E-state index in [9.17, 15) is 18.4 Å². The number of nitrogens with zero attached hydrogens (tertiary/aromatic N) is 2. The van der Waals surface area contributed by atoms with Gasteiger partial charge in [0.15, 0.2) is 5.78 Å². The summed E-state index contributed by atoms with van der Waals surface area (Å²) in [5.74, 6) is -1.71. The van der Waals surface area contributed by atoms with E-state index in [4.69, 9.17) is 5.26 Å². The van der Waals surface area contributed by atoms with Gasteiger partial charge in [0.2, 0.25) is 0 Å². The Morgan fingerprint density at radius 3 is 2.41 bits per heavy atom. The molecule has 1 aromatic heterocycles. The van der Waals surface area contributed by atoms with Crippen LogP contribution < -0.4 is 10.6 Å². The van der Waals surface area contributed by atoms with E-state index >= 15 is 0 Å². The fourth-order valence-electron chi connectivity index (χ4n) is 3.15. The quantitative estimate of drug-likeness (QED) is 0.434. The molecule has 0 bridgehead atoms. The first-order valence-electron chi connectivity index (χ1n) is 9.40. The van der Waals surface area contributed by atoms with Crippen LogP contribution in [-0.4, -0.2) is 16.8 Å². The summed E-state index contributed by atoms with van der Waals surface area (Å²) in [5.41, 5.74) is 1.53. The van der Waals surface area contributed by atoms with Crippen LogP contribution in [-0.2, 0) is 0 Å². The summed E-state index contributed by atoms with van der Waals surface area (Å²) in [7, 11) is 0. The van der Waals surface area contributed by atoms with Gasteiger partial charge in [0, 0.05) is 34.1 Å². The van der Waals surface area contributed by atoms with Crippen molar-refractivity contribution in [2.24, 2.45) is 0 Å². The van der Waals surface area contributed by atoms with E-state index < -0.39 is 23.4 Å². The largest absolute Gasteiger partial charge is 0.323 e. The highest BCUT2D eigenvalue weighted by Crippen LogP contribution is 2.21. The Kier molecular flexibility index (Phi) is 5.55. The molecule has 8 heteroatoms. The van der Waals surface area contributed by atoms with Crippen LogP contribution >= 0.6 is 0 Å². The monoisotopic (exact) mass is 428 g/mol. The van der Waals surface area contributed by atoms with Crippen LogP contribution in [0.3, 0.4) is 0 Å². The number of hydrogen-bond acceptors (Lipinski definition) is 4. The first kappa shape index (κ1) is 20.6. The molecule has 0 atom stereocenters. The molecule has 2 N–H and O–H groups in total. The first-order chi connectivity index (χ1) is 15.4. The average molecular weight is 428 g/mol. The van der Waals surface area contributed by atoms with Gasteiger partial charge in [-0.1, -0.05) is 6.07 Å². The Balaban J connectivity index is 1.58. The molecule has 0 spiro atoms. The Bertz CT molecular complexity index is 1410. The van der Waals surface area contributed by atoms with Crippen molar-refractivity contribution in [1.29, 1.82) is 5.26 Å². The number of carbonyl (C=O) groups excluding carboxylic acids is 2. The van der Waals surface area contributed by atoms with Crippen LogP contribution in [0.25, 0.3) is 10.9 Å². The molecular weight excluding hydrogens is 414 g/mol. The molecule has 0 fully saturated rings. The molecule has 0 radical (unpaired) electrons. The van der Waals surface area contributed by atoms with E-state index in [0.29, 0.717) is 16.5 Å². The second-order valence-electron chi connectivity index (χ2n) is 6.89. The van der Waals surface area contributed by atoms with Gasteiger partial charge in [0.05, 0.1) is 11.1 Å². The standard InChI is InChI=1S/C24H14F2N4O2/c25-18-2-1-3-20(10-18)29-24(32)30-21-9-17(8-19(26)11-21)23(31)15-4-5-22-16(7-15)6-14(12-27)13-28-22/h1-11,13H,(H2,29,30,32). The summed E-state index contributed by atoms with van der Waals surface area (Å²) >= 11 is 0. The van der Waals surface area contributed by atoms with E-state index in [0.717, 1.165) is 18.2 Å². The fourth-order valence-corrected chi connectivity index (χ4v) is 3.15. The van der Waals surface area contributed by atoms with Crippen LogP contribution in [0.1, 0.15) is 21.5 Å². The van der Waals surface area contributed by atoms with Gasteiger partial charge in [-0.25, -0.2) is 13.6 Å². The van der Waals surface area contributed by atoms with E-state index in [-0.39, 0.29) is 22.5 Å². The topological polar surface area (TPSA) is 94.9 Å². The third kappa shape index (κ3) is 4.57. The van der Waals surface area contributed by atoms with Crippen molar-refractivity contribution in [3.05, 3.63) is 101 Å². The number of rotatable bonds is 4. The first-order valence-corrected chi connectivity index (χ1v) is 9.40. The molecule has 156 valence electrons. The van der Waals surface area contributed by atoms with Crippen LogP contribution in [0, 0.1) is 23.0 Å². The van der Waals surface area contributed by atoms with Gasteiger partial charge in [0.1, 0.15) is 17.7 Å². The van der Waals surface area contributed by atoms with E-state index in [1.807, 2.05) is 6.07 Å². The third-order valence-corrected chi connectivity index (χ3v) is 4.57. The van der Waals surface area contributed by atoms with Gasteiger partial charge in [-0.2, -0.15) is 5.26 Å². The van der Waals surface area contributed by atoms with Gasteiger partial charge in [-0.05, 0) is 60.7 Å². The van der Waals surface area contributed by atoms with Crippen molar-refractivity contribution in [2.75, 3.05) is 10.6 Å². The number of urea groups is 1. The zero-order valence-electron chi connectivity index (χ0n) is 16.4. The number of aromatic nitrogens is 1. The van der Waals surface area contributed by atoms with Crippen molar-refractivity contribution < 1.29 is 18.4 Å². The van der Waals surface area contributed by atoms with Crippen molar-refractivity contribution >= 4 is 34.1 Å². The highest BCUT2D eigenvalue weighted by atomic mass is 19.1. The molecular formula is C24H14F2N4O2. The second-order valence-corrected chi connectivity index (χ2v) is 6.89. The molecule has 0 aliphatic carbocycles. The summed E-state index contributed by atoms with van der Waals surface area (Å²) in [6.07, 6.45) is 1.43. The third-order valence-electron chi connectivity index (χ3n) is 4.57. The van der Waals surface area contributed by atoms with Crippen molar-refractivity contribution in [3.63, 3.8) is 0 Å². The molecule has 0 saturated carbocycles. The maximum absolute atomic E-state index is 14.2. The van der Waals surface area contributed by atoms with Crippen LogP contribution in [0.4, 0.5) is 25.0 Å². The zero-order chi connectivity index (χ0) is 22.7. The zero-order valence-corrected chi connectivity index (χ0v) is 16.4. The van der Waals surface area contributed by atoms with Crippen molar-refractivity contribution in [1.82, 2.24) is 4.98 Å². The maximum atomic E-state index is 14.2. The summed E-state index contributed by atoms with van der Waals surface area (Å²) in [6.45, 7) is 0. The normalized spacial score (nSPS) is 10.4. The second kappa shape index (κ2) is 8.62. The predicted octanol–water partition coefficient (Wildman–Crippen LogP) is 5.26. The number of amides is 2. The van der Waals surface area contributed by atoms with Crippen LogP contribution in [0.15, 0.2) is 72.9 Å². The summed E-state index contributed by atoms with van der Waals surface area (Å²) in [5, 5.41) is 14.5. The van der Waals surface area contributed by atoms with E-state index in [1.165, 1.54) is 30.5 Å². The number of benzene rings is 3. The molecule has 4 aromatic rings. The van der Waals surface area contributed by atoms with Crippen molar-refractivity contribution in [2.45, 2.75) is 0 Å². The number of ketones is 1. The SMILES string of the molecule is N#Cc1cnc2ccc(C(=O)c3cc(F)cc(NC(=O)Nc4cccc(F)c4)c3)cc2c1. The van der Waals surface area contributed by atoms with Gasteiger partial charge in [-0.15, -0.1) is 0 Å². The molecule has 2 amide bonds. The minimum atomic E-state index is -0.722. The lowest BCUT2D eigenvalue weighted by Gasteiger charge is -2.10. The molecule has 4 rings (SSSR count). The number of nitriles is 1. The smallest absolute Gasteiger partial charge is 0.308 e. The van der Waals surface area contributed by atoms with Crippen molar-refractivity contribution in [3.8, 4) is 6.07 Å². The maximum Gasteiger partial charge on any atom is 0.323 e. The molecule has 0 saturated heterocycles. The average Bonchev–Trinajstić information content (AvgIpc) is 2.77. The highest BCUT2D eigenvalue weighted by molar-refractivity contribution is 6.11. The van der Waals surface area contributed by atoms with E-state index in [2.05, 4.69) is 15.6 Å². The molecule has 3 aromatic carbocycles. The Hall–Kier alpha value is -4.64. The lowest BCUT2D eigenvalue weighted by molar-refractivity contribution is 0.103. The van der Waals surface area contributed by atoms with Gasteiger partial charge < -0.3 is 10.6 Å².